The fourth-order valence-electron chi connectivity index (χ4n) is 3.13. The van der Waals surface area contributed by atoms with Crippen LogP contribution in [0.4, 0.5) is 0 Å². The Morgan fingerprint density at radius 3 is 2.87 bits per heavy atom. The standard InChI is InChI=1S/C14H20N4O3S.ClH/c1-10-7-11(8-15)9-18(10)14(19)12-3-2-4-17-5-6-22(20,21)16-13(12)17;/h2-4,10-11H,5-9,15H2,1H3;1H. The van der Waals surface area contributed by atoms with Gasteiger partial charge in [-0.2, -0.15) is 0 Å². The molecule has 0 radical (unpaired) electrons. The molecule has 0 aromatic rings. The monoisotopic (exact) mass is 360 g/mol. The van der Waals surface area contributed by atoms with Crippen LogP contribution in [-0.4, -0.2) is 61.4 Å². The van der Waals surface area contributed by atoms with Gasteiger partial charge < -0.3 is 15.5 Å². The predicted molar refractivity (Wildman–Crippen MR) is 90.7 cm³/mol. The van der Waals surface area contributed by atoms with Crippen LogP contribution in [0, 0.1) is 5.92 Å². The number of halogens is 1. The van der Waals surface area contributed by atoms with Gasteiger partial charge >= 0.3 is 0 Å². The number of amidine groups is 1. The van der Waals surface area contributed by atoms with Gasteiger partial charge in [0.25, 0.3) is 15.9 Å². The maximum Gasteiger partial charge on any atom is 0.257 e. The van der Waals surface area contributed by atoms with E-state index in [1.165, 1.54) is 0 Å². The number of rotatable bonds is 2. The number of amides is 1. The van der Waals surface area contributed by atoms with Crippen LogP contribution in [0.15, 0.2) is 28.3 Å². The largest absolute Gasteiger partial charge is 0.335 e. The van der Waals surface area contributed by atoms with Crippen LogP contribution in [-0.2, 0) is 14.8 Å². The number of sulfonamides is 1. The third-order valence-electron chi connectivity index (χ3n) is 4.34. The van der Waals surface area contributed by atoms with Gasteiger partial charge in [-0.1, -0.05) is 0 Å². The second-order valence-corrected chi connectivity index (χ2v) is 7.71. The van der Waals surface area contributed by atoms with Gasteiger partial charge in [-0.05, 0) is 38.0 Å². The summed E-state index contributed by atoms with van der Waals surface area (Å²) < 4.78 is 27.3. The van der Waals surface area contributed by atoms with Crippen LogP contribution in [0.5, 0.6) is 0 Å². The zero-order chi connectivity index (χ0) is 15.9. The summed E-state index contributed by atoms with van der Waals surface area (Å²) in [5.74, 6) is 0.333. The number of nitrogens with two attached hydrogens (primary N) is 1. The van der Waals surface area contributed by atoms with Crippen molar-refractivity contribution >= 4 is 34.2 Å². The Hall–Kier alpha value is -1.38. The zero-order valence-corrected chi connectivity index (χ0v) is 14.5. The van der Waals surface area contributed by atoms with E-state index in [0.29, 0.717) is 31.1 Å². The fourth-order valence-corrected chi connectivity index (χ4v) is 4.12. The Bertz CT molecular complexity index is 686. The zero-order valence-electron chi connectivity index (χ0n) is 12.9. The molecule has 0 spiro atoms. The third-order valence-corrected chi connectivity index (χ3v) is 5.49. The van der Waals surface area contributed by atoms with Crippen LogP contribution < -0.4 is 5.73 Å². The van der Waals surface area contributed by atoms with Crippen molar-refractivity contribution in [1.29, 1.82) is 0 Å². The summed E-state index contributed by atoms with van der Waals surface area (Å²) in [4.78, 5) is 16.3. The Kier molecular flexibility index (Phi) is 5.17. The molecule has 1 saturated heterocycles. The van der Waals surface area contributed by atoms with Crippen molar-refractivity contribution < 1.29 is 13.2 Å². The van der Waals surface area contributed by atoms with Gasteiger partial charge in [0.2, 0.25) is 0 Å². The minimum atomic E-state index is -3.49. The van der Waals surface area contributed by atoms with Gasteiger partial charge in [0, 0.05) is 25.3 Å². The first-order chi connectivity index (χ1) is 10.4. The Morgan fingerprint density at radius 2 is 2.22 bits per heavy atom. The van der Waals surface area contributed by atoms with Crippen LogP contribution in [0.25, 0.3) is 0 Å². The molecule has 0 bridgehead atoms. The van der Waals surface area contributed by atoms with Crippen molar-refractivity contribution in [2.75, 3.05) is 25.4 Å². The first-order valence-electron chi connectivity index (χ1n) is 7.40. The van der Waals surface area contributed by atoms with Crippen LogP contribution in [0.1, 0.15) is 13.3 Å². The molecule has 128 valence electrons. The topological polar surface area (TPSA) is 96.1 Å². The average Bonchev–Trinajstić information content (AvgIpc) is 2.86. The minimum Gasteiger partial charge on any atom is -0.335 e. The van der Waals surface area contributed by atoms with Crippen LogP contribution >= 0.6 is 12.4 Å². The molecule has 9 heteroatoms. The van der Waals surface area contributed by atoms with Crippen LogP contribution in [0.2, 0.25) is 0 Å². The van der Waals surface area contributed by atoms with E-state index in [0.717, 1.165) is 6.42 Å². The van der Waals surface area contributed by atoms with E-state index in [1.807, 2.05) is 6.92 Å². The van der Waals surface area contributed by atoms with Crippen molar-refractivity contribution in [3.63, 3.8) is 0 Å². The fraction of sp³-hybridized carbons (Fsp3) is 0.571. The van der Waals surface area contributed by atoms with E-state index in [9.17, 15) is 13.2 Å². The predicted octanol–water partition coefficient (Wildman–Crippen LogP) is 0.102. The lowest BCUT2D eigenvalue weighted by atomic mass is 10.1. The van der Waals surface area contributed by atoms with Crippen LogP contribution in [0.3, 0.4) is 0 Å². The second kappa shape index (κ2) is 6.62. The molecule has 3 aliphatic rings. The highest BCUT2D eigenvalue weighted by Gasteiger charge is 2.37. The molecule has 2 atom stereocenters. The number of hydrogen-bond acceptors (Lipinski definition) is 5. The summed E-state index contributed by atoms with van der Waals surface area (Å²) in [5, 5.41) is 0. The number of fused-ring (bicyclic) bond motifs is 1. The second-order valence-electron chi connectivity index (χ2n) is 5.96. The molecule has 2 unspecified atom stereocenters. The molecule has 0 aliphatic carbocycles. The van der Waals surface area contributed by atoms with Gasteiger partial charge in [-0.3, -0.25) is 4.79 Å². The van der Waals surface area contributed by atoms with Gasteiger partial charge in [-0.15, -0.1) is 16.8 Å². The van der Waals surface area contributed by atoms with Gasteiger partial charge in [0.05, 0.1) is 11.3 Å². The van der Waals surface area contributed by atoms with E-state index in [1.54, 1.807) is 28.2 Å². The van der Waals surface area contributed by atoms with E-state index in [-0.39, 0.29) is 35.9 Å². The van der Waals surface area contributed by atoms with Crippen molar-refractivity contribution in [3.05, 3.63) is 23.9 Å². The van der Waals surface area contributed by atoms with E-state index >= 15 is 0 Å². The summed E-state index contributed by atoms with van der Waals surface area (Å²) in [6.45, 7) is 3.47. The number of allylic oxidation sites excluding steroid dienone is 2. The van der Waals surface area contributed by atoms with Gasteiger partial charge in [0.1, 0.15) is 0 Å². The molecule has 0 saturated carbocycles. The quantitative estimate of drug-likeness (QED) is 0.753. The highest BCUT2D eigenvalue weighted by molar-refractivity contribution is 7.90. The number of likely N-dealkylation sites (tertiary alicyclic amines) is 1. The Labute approximate surface area is 142 Å². The molecule has 23 heavy (non-hydrogen) atoms. The summed E-state index contributed by atoms with van der Waals surface area (Å²) in [7, 11) is -3.49. The normalized spacial score (nSPS) is 28.6. The number of nitrogens with zero attached hydrogens (tertiary/aromatic N) is 3. The first kappa shape index (κ1) is 18.0. The number of carbonyl (C=O) groups is 1. The van der Waals surface area contributed by atoms with Crippen molar-refractivity contribution in [1.82, 2.24) is 9.80 Å². The molecule has 3 heterocycles. The van der Waals surface area contributed by atoms with E-state index in [4.69, 9.17) is 5.73 Å². The summed E-state index contributed by atoms with van der Waals surface area (Å²) in [6.07, 6.45) is 6.02. The average molecular weight is 361 g/mol. The smallest absolute Gasteiger partial charge is 0.257 e. The van der Waals surface area contributed by atoms with E-state index in [2.05, 4.69) is 4.40 Å². The highest BCUT2D eigenvalue weighted by Crippen LogP contribution is 2.26. The minimum absolute atomic E-state index is 0. The molecule has 0 aromatic carbocycles. The van der Waals surface area contributed by atoms with Crippen molar-refractivity contribution in [3.8, 4) is 0 Å². The number of hydrogen-bond donors (Lipinski definition) is 1. The summed E-state index contributed by atoms with van der Waals surface area (Å²) in [5.41, 5.74) is 6.05. The summed E-state index contributed by atoms with van der Waals surface area (Å²) >= 11 is 0. The molecule has 1 amide bonds. The molecule has 3 rings (SSSR count). The lowest BCUT2D eigenvalue weighted by Gasteiger charge is -2.31. The molecule has 0 aromatic heterocycles. The molecule has 1 fully saturated rings. The SMILES string of the molecule is CC1CC(CN)CN1C(=O)C1=CC=CN2CCS(=O)(=O)N=C12.Cl. The number of carbonyl (C=O) groups excluding carboxylic acids is 1. The maximum absolute atomic E-state index is 12.8. The molecule has 3 aliphatic heterocycles. The van der Waals surface area contributed by atoms with Gasteiger partial charge in [0.15, 0.2) is 5.84 Å². The van der Waals surface area contributed by atoms with E-state index < -0.39 is 10.0 Å². The molecule has 2 N–H and O–H groups in total. The maximum atomic E-state index is 12.8. The highest BCUT2D eigenvalue weighted by atomic mass is 35.5. The Balaban J connectivity index is 0.00000192. The lowest BCUT2D eigenvalue weighted by Crippen LogP contribution is -2.44. The lowest BCUT2D eigenvalue weighted by molar-refractivity contribution is -0.127. The molecular weight excluding hydrogens is 340 g/mol. The molecular formula is C14H21ClN4O3S. The molecule has 7 nitrogen and oxygen atoms in total. The van der Waals surface area contributed by atoms with Crippen molar-refractivity contribution in [2.24, 2.45) is 16.0 Å². The van der Waals surface area contributed by atoms with Gasteiger partial charge in [-0.25, -0.2) is 8.42 Å². The third kappa shape index (κ3) is 3.44. The Morgan fingerprint density at radius 1 is 1.48 bits per heavy atom. The van der Waals surface area contributed by atoms with Crippen molar-refractivity contribution in [2.45, 2.75) is 19.4 Å². The first-order valence-corrected chi connectivity index (χ1v) is 9.01. The summed E-state index contributed by atoms with van der Waals surface area (Å²) in [6, 6.07) is 0.0992.